The molecule has 0 N–H and O–H groups in total. The SMILES string of the molecule is CC/C(C)=C/SN(F)C(Br)=C(C)C. The average Bonchev–Trinajstić information content (AvgIpc) is 2.11. The third-order valence-corrected chi connectivity index (χ3v) is 3.69. The van der Waals surface area contributed by atoms with Crippen LogP contribution < -0.4 is 0 Å². The van der Waals surface area contributed by atoms with Crippen molar-refractivity contribution in [2.75, 3.05) is 0 Å². The Kier molecular flexibility index (Phi) is 6.51. The molecule has 0 aliphatic heterocycles. The second-order valence-electron chi connectivity index (χ2n) is 2.96. The Morgan fingerprint density at radius 1 is 1.46 bits per heavy atom. The zero-order valence-electron chi connectivity index (χ0n) is 8.40. The van der Waals surface area contributed by atoms with Gasteiger partial charge in [0.1, 0.15) is 4.61 Å². The van der Waals surface area contributed by atoms with Gasteiger partial charge in [-0.2, -0.15) is 0 Å². The molecule has 0 bridgehead atoms. The van der Waals surface area contributed by atoms with Gasteiger partial charge >= 0.3 is 0 Å². The maximum atomic E-state index is 13.2. The van der Waals surface area contributed by atoms with Crippen LogP contribution in [0.2, 0.25) is 0 Å². The molecule has 0 aliphatic carbocycles. The largest absolute Gasteiger partial charge is 0.141 e. The summed E-state index contributed by atoms with van der Waals surface area (Å²) in [7, 11) is 0. The maximum absolute atomic E-state index is 13.2. The Bertz CT molecular complexity index is 222. The Hall–Kier alpha value is 0.0400. The van der Waals surface area contributed by atoms with Crippen LogP contribution in [0.3, 0.4) is 0 Å². The molecule has 0 atom stereocenters. The predicted molar refractivity (Wildman–Crippen MR) is 61.9 cm³/mol. The van der Waals surface area contributed by atoms with Gasteiger partial charge in [0.05, 0.1) is 0 Å². The van der Waals surface area contributed by atoms with Crippen molar-refractivity contribution in [3.63, 3.8) is 0 Å². The molecule has 0 radical (unpaired) electrons. The van der Waals surface area contributed by atoms with E-state index in [0.717, 1.165) is 23.9 Å². The summed E-state index contributed by atoms with van der Waals surface area (Å²) in [4.78, 5) is 0. The van der Waals surface area contributed by atoms with Gasteiger partial charge in [0, 0.05) is 11.9 Å². The third kappa shape index (κ3) is 5.37. The third-order valence-electron chi connectivity index (χ3n) is 1.47. The lowest BCUT2D eigenvalue weighted by Crippen LogP contribution is -1.97. The summed E-state index contributed by atoms with van der Waals surface area (Å²) in [6.45, 7) is 7.74. The van der Waals surface area contributed by atoms with E-state index in [1.807, 2.05) is 33.1 Å². The lowest BCUT2D eigenvalue weighted by atomic mass is 10.3. The van der Waals surface area contributed by atoms with Gasteiger partial charge < -0.3 is 0 Å². The van der Waals surface area contributed by atoms with Crippen molar-refractivity contribution >= 4 is 27.9 Å². The molecule has 0 aromatic heterocycles. The van der Waals surface area contributed by atoms with Gasteiger partial charge in [0.15, 0.2) is 0 Å². The molecule has 0 rings (SSSR count). The summed E-state index contributed by atoms with van der Waals surface area (Å²) < 4.78 is 14.3. The van der Waals surface area contributed by atoms with E-state index in [-0.39, 0.29) is 0 Å². The normalized spacial score (nSPS) is 11.4. The zero-order chi connectivity index (χ0) is 10.4. The lowest BCUT2D eigenvalue weighted by Gasteiger charge is -2.10. The van der Waals surface area contributed by atoms with E-state index in [4.69, 9.17) is 0 Å². The Morgan fingerprint density at radius 3 is 2.38 bits per heavy atom. The minimum absolute atomic E-state index is 0.484. The first-order valence-electron chi connectivity index (χ1n) is 4.10. The van der Waals surface area contributed by atoms with Crippen LogP contribution in [-0.2, 0) is 0 Å². The topological polar surface area (TPSA) is 3.24 Å². The van der Waals surface area contributed by atoms with Crippen LogP contribution >= 0.6 is 27.9 Å². The molecule has 0 aromatic carbocycles. The van der Waals surface area contributed by atoms with E-state index < -0.39 is 0 Å². The van der Waals surface area contributed by atoms with Gasteiger partial charge in [-0.15, -0.1) is 4.53 Å². The average molecular weight is 268 g/mol. The van der Waals surface area contributed by atoms with Crippen LogP contribution in [0.5, 0.6) is 0 Å². The minimum atomic E-state index is 0.484. The van der Waals surface area contributed by atoms with Crippen molar-refractivity contribution in [3.05, 3.63) is 21.2 Å². The zero-order valence-corrected chi connectivity index (χ0v) is 10.8. The van der Waals surface area contributed by atoms with Crippen LogP contribution in [0.1, 0.15) is 34.1 Å². The maximum Gasteiger partial charge on any atom is 0.123 e. The van der Waals surface area contributed by atoms with Crippen molar-refractivity contribution in [2.45, 2.75) is 34.1 Å². The van der Waals surface area contributed by atoms with Crippen LogP contribution in [0.25, 0.3) is 0 Å². The molecular weight excluding hydrogens is 253 g/mol. The predicted octanol–water partition coefficient (Wildman–Crippen LogP) is 4.78. The summed E-state index contributed by atoms with van der Waals surface area (Å²) in [5.41, 5.74) is 2.08. The van der Waals surface area contributed by atoms with Crippen molar-refractivity contribution in [1.82, 2.24) is 4.53 Å². The smallest absolute Gasteiger partial charge is 0.123 e. The van der Waals surface area contributed by atoms with E-state index in [9.17, 15) is 4.48 Å². The summed E-state index contributed by atoms with van der Waals surface area (Å²) in [6.07, 6.45) is 0.952. The van der Waals surface area contributed by atoms with Crippen molar-refractivity contribution < 1.29 is 4.48 Å². The molecule has 0 spiro atoms. The highest BCUT2D eigenvalue weighted by Crippen LogP contribution is 2.27. The molecule has 0 amide bonds. The quantitative estimate of drug-likeness (QED) is 0.410. The van der Waals surface area contributed by atoms with Gasteiger partial charge in [0.25, 0.3) is 0 Å². The van der Waals surface area contributed by atoms with E-state index in [0.29, 0.717) is 9.13 Å². The number of halogens is 2. The van der Waals surface area contributed by atoms with E-state index in [1.54, 1.807) is 0 Å². The fourth-order valence-corrected chi connectivity index (χ4v) is 1.41. The highest BCUT2D eigenvalue weighted by Gasteiger charge is 2.05. The van der Waals surface area contributed by atoms with E-state index in [1.165, 1.54) is 5.57 Å². The standard InChI is InChI=1S/C9H15BrFNS/c1-5-8(4)6-13-12(11)9(10)7(2)3/h6H,5H2,1-4H3/b8-6+. The number of hydrogen-bond donors (Lipinski definition) is 0. The Balaban J connectivity index is 4.17. The van der Waals surface area contributed by atoms with Crippen LogP contribution in [0.4, 0.5) is 4.48 Å². The summed E-state index contributed by atoms with van der Waals surface area (Å²) >= 11 is 4.21. The van der Waals surface area contributed by atoms with Crippen LogP contribution in [0.15, 0.2) is 21.2 Å². The van der Waals surface area contributed by atoms with Crippen molar-refractivity contribution in [1.29, 1.82) is 0 Å². The fourth-order valence-electron chi connectivity index (χ4n) is 0.442. The van der Waals surface area contributed by atoms with Gasteiger partial charge in [0.2, 0.25) is 0 Å². The van der Waals surface area contributed by atoms with Gasteiger partial charge in [-0.1, -0.05) is 17.0 Å². The lowest BCUT2D eigenvalue weighted by molar-refractivity contribution is 0.226. The number of rotatable bonds is 4. The molecule has 1 nitrogen and oxygen atoms in total. The first-order valence-corrected chi connectivity index (χ1v) is 5.73. The molecule has 4 heteroatoms. The highest BCUT2D eigenvalue weighted by atomic mass is 79.9. The molecule has 0 heterocycles. The van der Waals surface area contributed by atoms with E-state index >= 15 is 0 Å². The molecule has 76 valence electrons. The van der Waals surface area contributed by atoms with Crippen LogP contribution in [-0.4, -0.2) is 4.53 Å². The molecular formula is C9H15BrFNS. The molecule has 13 heavy (non-hydrogen) atoms. The van der Waals surface area contributed by atoms with E-state index in [2.05, 4.69) is 15.9 Å². The number of nitrogens with zero attached hydrogens (tertiary/aromatic N) is 1. The Morgan fingerprint density at radius 2 is 2.00 bits per heavy atom. The van der Waals surface area contributed by atoms with Gasteiger partial charge in [-0.25, -0.2) is 0 Å². The summed E-state index contributed by atoms with van der Waals surface area (Å²) in [6, 6.07) is 0. The molecule has 0 aliphatic rings. The number of allylic oxidation sites excluding steroid dienone is 2. The molecule has 0 unspecified atom stereocenters. The summed E-state index contributed by atoms with van der Waals surface area (Å²) in [5, 5.41) is 1.81. The van der Waals surface area contributed by atoms with Crippen molar-refractivity contribution in [2.24, 2.45) is 0 Å². The van der Waals surface area contributed by atoms with Gasteiger partial charge in [-0.3, -0.25) is 0 Å². The monoisotopic (exact) mass is 267 g/mol. The first kappa shape index (κ1) is 13.0. The molecule has 0 saturated carbocycles. The van der Waals surface area contributed by atoms with Crippen molar-refractivity contribution in [3.8, 4) is 0 Å². The molecule has 0 aromatic rings. The second kappa shape index (κ2) is 6.49. The highest BCUT2D eigenvalue weighted by molar-refractivity contribution is 9.11. The fraction of sp³-hybridized carbons (Fsp3) is 0.556. The minimum Gasteiger partial charge on any atom is -0.141 e. The molecule has 0 saturated heterocycles. The molecule has 0 fully saturated rings. The Labute approximate surface area is 92.3 Å². The summed E-state index contributed by atoms with van der Waals surface area (Å²) in [5.74, 6) is 0. The second-order valence-corrected chi connectivity index (χ2v) is 4.48. The number of hydrogen-bond acceptors (Lipinski definition) is 2. The first-order chi connectivity index (χ1) is 5.99. The van der Waals surface area contributed by atoms with Gasteiger partial charge in [-0.05, 0) is 54.1 Å². The van der Waals surface area contributed by atoms with Crippen LogP contribution in [0, 0.1) is 0 Å².